The fraction of sp³-hybridized carbons (Fsp3) is 0.316. The maximum Gasteiger partial charge on any atom is 0.339 e. The fourth-order valence-electron chi connectivity index (χ4n) is 2.64. The topological polar surface area (TPSA) is 61.2 Å². The summed E-state index contributed by atoms with van der Waals surface area (Å²) in [5, 5.41) is 1.98. The lowest BCUT2D eigenvalue weighted by molar-refractivity contribution is 0.0529. The summed E-state index contributed by atoms with van der Waals surface area (Å²) in [5.74, 6) is -0.0144. The van der Waals surface area contributed by atoms with Crippen LogP contribution in [0.3, 0.4) is 0 Å². The highest BCUT2D eigenvalue weighted by atomic mass is 32.1. The number of esters is 1. The molecule has 0 radical (unpaired) electrons. The lowest BCUT2D eigenvalue weighted by Gasteiger charge is -2.09. The van der Waals surface area contributed by atoms with Gasteiger partial charge in [-0.2, -0.15) is 0 Å². The monoisotopic (exact) mass is 356 g/mol. The highest BCUT2D eigenvalue weighted by Crippen LogP contribution is 2.22. The summed E-state index contributed by atoms with van der Waals surface area (Å²) < 4.78 is 6.56. The van der Waals surface area contributed by atoms with E-state index in [1.165, 1.54) is 27.8 Å². The zero-order valence-electron chi connectivity index (χ0n) is 14.5. The predicted molar refractivity (Wildman–Crippen MR) is 99.5 cm³/mol. The molecule has 5 nitrogen and oxygen atoms in total. The lowest BCUT2D eigenvalue weighted by atomic mass is 10.0. The molecule has 0 amide bonds. The van der Waals surface area contributed by atoms with Crippen molar-refractivity contribution in [1.82, 2.24) is 9.55 Å². The Balaban J connectivity index is 1.97. The van der Waals surface area contributed by atoms with Gasteiger partial charge in [0, 0.05) is 5.38 Å². The van der Waals surface area contributed by atoms with Crippen molar-refractivity contribution in [2.75, 3.05) is 6.61 Å². The van der Waals surface area contributed by atoms with E-state index in [4.69, 9.17) is 4.74 Å². The van der Waals surface area contributed by atoms with E-state index in [-0.39, 0.29) is 12.2 Å². The number of hydrogen-bond acceptors (Lipinski definition) is 5. The van der Waals surface area contributed by atoms with Gasteiger partial charge in [-0.25, -0.2) is 9.78 Å². The van der Waals surface area contributed by atoms with Gasteiger partial charge in [0.1, 0.15) is 4.83 Å². The van der Waals surface area contributed by atoms with Gasteiger partial charge in [-0.3, -0.25) is 9.36 Å². The zero-order valence-corrected chi connectivity index (χ0v) is 15.3. The van der Waals surface area contributed by atoms with Crippen LogP contribution in [-0.4, -0.2) is 22.1 Å². The fourth-order valence-corrected chi connectivity index (χ4v) is 3.51. The highest BCUT2D eigenvalue weighted by Gasteiger charge is 2.18. The Kier molecular flexibility index (Phi) is 4.99. The molecule has 6 heteroatoms. The van der Waals surface area contributed by atoms with Crippen LogP contribution in [0.2, 0.25) is 0 Å². The van der Waals surface area contributed by atoms with Gasteiger partial charge in [-0.1, -0.05) is 38.1 Å². The van der Waals surface area contributed by atoms with Gasteiger partial charge in [-0.15, -0.1) is 11.3 Å². The number of carbonyl (C=O) groups is 1. The van der Waals surface area contributed by atoms with E-state index < -0.39 is 5.97 Å². The van der Waals surface area contributed by atoms with E-state index in [1.807, 2.05) is 12.1 Å². The Labute approximate surface area is 149 Å². The lowest BCUT2D eigenvalue weighted by Crippen LogP contribution is -2.22. The summed E-state index contributed by atoms with van der Waals surface area (Å²) in [4.78, 5) is 29.7. The quantitative estimate of drug-likeness (QED) is 0.652. The van der Waals surface area contributed by atoms with E-state index in [0.717, 1.165) is 5.56 Å². The molecule has 1 aromatic carbocycles. The minimum Gasteiger partial charge on any atom is -0.462 e. The van der Waals surface area contributed by atoms with Crippen molar-refractivity contribution in [2.45, 2.75) is 33.2 Å². The van der Waals surface area contributed by atoms with Crippen molar-refractivity contribution >= 4 is 27.5 Å². The highest BCUT2D eigenvalue weighted by molar-refractivity contribution is 7.17. The SMILES string of the molecule is CCOC(=O)c1csc2ncn(Cc3ccc(C(C)C)cc3)c(=O)c12. The second-order valence-corrected chi connectivity index (χ2v) is 6.98. The Morgan fingerprint density at radius 1 is 1.28 bits per heavy atom. The Hall–Kier alpha value is -2.47. The molecule has 0 atom stereocenters. The summed E-state index contributed by atoms with van der Waals surface area (Å²) in [6.45, 7) is 6.71. The number of carbonyl (C=O) groups excluding carboxylic acids is 1. The maximum atomic E-state index is 12.8. The molecule has 0 fully saturated rings. The van der Waals surface area contributed by atoms with Crippen molar-refractivity contribution in [3.05, 3.63) is 63.0 Å². The summed E-state index contributed by atoms with van der Waals surface area (Å²) >= 11 is 1.28. The number of ether oxygens (including phenoxy) is 1. The molecule has 0 bridgehead atoms. The van der Waals surface area contributed by atoms with Crippen molar-refractivity contribution in [2.24, 2.45) is 0 Å². The molecular formula is C19H20N2O3S. The van der Waals surface area contributed by atoms with Crippen molar-refractivity contribution < 1.29 is 9.53 Å². The average Bonchev–Trinajstić information content (AvgIpc) is 3.03. The molecule has 0 saturated heterocycles. The molecule has 0 saturated carbocycles. The maximum absolute atomic E-state index is 12.8. The summed E-state index contributed by atoms with van der Waals surface area (Å²) in [6, 6.07) is 8.19. The number of hydrogen-bond donors (Lipinski definition) is 0. The molecule has 2 heterocycles. The minimum atomic E-state index is -0.480. The number of benzene rings is 1. The van der Waals surface area contributed by atoms with Crippen LogP contribution in [0.15, 0.2) is 40.8 Å². The van der Waals surface area contributed by atoms with Crippen molar-refractivity contribution in [3.63, 3.8) is 0 Å². The molecule has 130 valence electrons. The molecule has 0 unspecified atom stereocenters. The van der Waals surface area contributed by atoms with E-state index in [2.05, 4.69) is 31.0 Å². The van der Waals surface area contributed by atoms with Gasteiger partial charge in [0.05, 0.1) is 30.4 Å². The molecule has 0 aliphatic carbocycles. The van der Waals surface area contributed by atoms with Crippen LogP contribution in [0.5, 0.6) is 0 Å². The van der Waals surface area contributed by atoms with E-state index in [0.29, 0.717) is 28.2 Å². The van der Waals surface area contributed by atoms with Crippen LogP contribution >= 0.6 is 11.3 Å². The van der Waals surface area contributed by atoms with Crippen LogP contribution in [0, 0.1) is 0 Å². The van der Waals surface area contributed by atoms with Gasteiger partial charge in [0.25, 0.3) is 5.56 Å². The number of nitrogens with zero attached hydrogens (tertiary/aromatic N) is 2. The van der Waals surface area contributed by atoms with Crippen molar-refractivity contribution in [3.8, 4) is 0 Å². The second kappa shape index (κ2) is 7.19. The van der Waals surface area contributed by atoms with Crippen LogP contribution in [0.25, 0.3) is 10.2 Å². The average molecular weight is 356 g/mol. The third-order valence-corrected chi connectivity index (χ3v) is 4.94. The van der Waals surface area contributed by atoms with E-state index in [1.54, 1.807) is 12.3 Å². The third kappa shape index (κ3) is 3.49. The van der Waals surface area contributed by atoms with Gasteiger partial charge in [0.15, 0.2) is 0 Å². The number of aromatic nitrogens is 2. The van der Waals surface area contributed by atoms with Crippen molar-refractivity contribution in [1.29, 1.82) is 0 Å². The normalized spacial score (nSPS) is 11.2. The first-order valence-corrected chi connectivity index (χ1v) is 9.11. The van der Waals surface area contributed by atoms with Gasteiger partial charge in [0.2, 0.25) is 0 Å². The van der Waals surface area contributed by atoms with E-state index >= 15 is 0 Å². The molecule has 0 spiro atoms. The van der Waals surface area contributed by atoms with Gasteiger partial charge >= 0.3 is 5.97 Å². The molecular weight excluding hydrogens is 336 g/mol. The number of rotatable bonds is 5. The second-order valence-electron chi connectivity index (χ2n) is 6.12. The molecule has 3 rings (SSSR count). The summed E-state index contributed by atoms with van der Waals surface area (Å²) in [7, 11) is 0. The summed E-state index contributed by atoms with van der Waals surface area (Å²) in [6.07, 6.45) is 1.53. The Morgan fingerprint density at radius 2 is 2.00 bits per heavy atom. The Bertz CT molecular complexity index is 955. The molecule has 25 heavy (non-hydrogen) atoms. The van der Waals surface area contributed by atoms with Crippen LogP contribution in [0.1, 0.15) is 48.2 Å². The smallest absolute Gasteiger partial charge is 0.339 e. The molecule has 0 aliphatic heterocycles. The molecule has 0 aliphatic rings. The van der Waals surface area contributed by atoms with Gasteiger partial charge < -0.3 is 4.74 Å². The largest absolute Gasteiger partial charge is 0.462 e. The first-order valence-electron chi connectivity index (χ1n) is 8.23. The third-order valence-electron chi connectivity index (χ3n) is 4.06. The predicted octanol–water partition coefficient (Wildman–Crippen LogP) is 3.81. The minimum absolute atomic E-state index is 0.220. The zero-order chi connectivity index (χ0) is 18.0. The molecule has 0 N–H and O–H groups in total. The van der Waals surface area contributed by atoms with Crippen LogP contribution in [-0.2, 0) is 11.3 Å². The van der Waals surface area contributed by atoms with Crippen LogP contribution < -0.4 is 5.56 Å². The first kappa shape index (κ1) is 17.4. The first-order chi connectivity index (χ1) is 12.0. The number of fused-ring (bicyclic) bond motifs is 1. The molecule has 3 aromatic rings. The Morgan fingerprint density at radius 3 is 2.64 bits per heavy atom. The van der Waals surface area contributed by atoms with E-state index in [9.17, 15) is 9.59 Å². The standard InChI is InChI=1S/C19H20N2O3S/c1-4-24-19(23)15-10-25-17-16(15)18(22)21(11-20-17)9-13-5-7-14(8-6-13)12(2)3/h5-8,10-12H,4,9H2,1-3H3. The van der Waals surface area contributed by atoms with Crippen LogP contribution in [0.4, 0.5) is 0 Å². The number of thiophene rings is 1. The molecule has 2 aromatic heterocycles. The summed E-state index contributed by atoms with van der Waals surface area (Å²) in [5.41, 5.74) is 2.35. The van der Waals surface area contributed by atoms with Gasteiger partial charge in [-0.05, 0) is 24.0 Å².